The second-order valence-electron chi connectivity index (χ2n) is 4.40. The lowest BCUT2D eigenvalue weighted by molar-refractivity contribution is 0.475. The van der Waals surface area contributed by atoms with Crippen LogP contribution in [0.15, 0.2) is 61.2 Å². The zero-order valence-electron chi connectivity index (χ0n) is 10.4. The Balaban J connectivity index is 2.14. The standard InChI is InChI=1S/C17H13NO/c1-2-15-8-6-14-10-13(7-9-17(14)18-15)12-4-3-5-16(19)11-12/h2-11,19H,1H2. The summed E-state index contributed by atoms with van der Waals surface area (Å²) in [7, 11) is 0. The molecule has 1 aromatic heterocycles. The van der Waals surface area contributed by atoms with Gasteiger partial charge >= 0.3 is 0 Å². The van der Waals surface area contributed by atoms with Gasteiger partial charge in [-0.1, -0.05) is 30.8 Å². The van der Waals surface area contributed by atoms with E-state index in [1.165, 1.54) is 0 Å². The van der Waals surface area contributed by atoms with Gasteiger partial charge in [0.25, 0.3) is 0 Å². The molecule has 0 aliphatic rings. The van der Waals surface area contributed by atoms with Crippen LogP contribution in [0.25, 0.3) is 28.1 Å². The number of hydrogen-bond donors (Lipinski definition) is 1. The maximum atomic E-state index is 9.53. The quantitative estimate of drug-likeness (QED) is 0.734. The molecule has 3 rings (SSSR count). The molecule has 3 aromatic rings. The minimum absolute atomic E-state index is 0.276. The Morgan fingerprint density at radius 3 is 2.58 bits per heavy atom. The van der Waals surface area contributed by atoms with Gasteiger partial charge in [-0.25, -0.2) is 4.98 Å². The van der Waals surface area contributed by atoms with Crippen molar-refractivity contribution in [3.8, 4) is 16.9 Å². The molecule has 1 heterocycles. The van der Waals surface area contributed by atoms with Crippen LogP contribution in [0, 0.1) is 0 Å². The van der Waals surface area contributed by atoms with Crippen molar-refractivity contribution in [2.75, 3.05) is 0 Å². The number of aromatic nitrogens is 1. The first-order valence-corrected chi connectivity index (χ1v) is 6.09. The third kappa shape index (κ3) is 2.20. The summed E-state index contributed by atoms with van der Waals surface area (Å²) in [5, 5.41) is 10.6. The molecule has 92 valence electrons. The van der Waals surface area contributed by atoms with Crippen LogP contribution in [0.1, 0.15) is 5.69 Å². The van der Waals surface area contributed by atoms with Gasteiger partial charge in [0.2, 0.25) is 0 Å². The summed E-state index contributed by atoms with van der Waals surface area (Å²) in [4.78, 5) is 4.48. The highest BCUT2D eigenvalue weighted by Crippen LogP contribution is 2.26. The molecule has 2 heteroatoms. The zero-order chi connectivity index (χ0) is 13.2. The van der Waals surface area contributed by atoms with Crippen molar-refractivity contribution in [2.24, 2.45) is 0 Å². The van der Waals surface area contributed by atoms with E-state index in [1.807, 2.05) is 36.4 Å². The SMILES string of the molecule is C=Cc1ccc2cc(-c3cccc(O)c3)ccc2n1. The van der Waals surface area contributed by atoms with Crippen LogP contribution in [0.2, 0.25) is 0 Å². The van der Waals surface area contributed by atoms with Crippen molar-refractivity contribution < 1.29 is 5.11 Å². The Labute approximate surface area is 111 Å². The number of aromatic hydroxyl groups is 1. The van der Waals surface area contributed by atoms with Crippen molar-refractivity contribution in [3.63, 3.8) is 0 Å². The molecule has 0 saturated carbocycles. The summed E-state index contributed by atoms with van der Waals surface area (Å²) in [6, 6.07) is 17.3. The van der Waals surface area contributed by atoms with Crippen LogP contribution < -0.4 is 0 Å². The largest absolute Gasteiger partial charge is 0.508 e. The lowest BCUT2D eigenvalue weighted by Gasteiger charge is -2.05. The van der Waals surface area contributed by atoms with E-state index in [4.69, 9.17) is 0 Å². The second kappa shape index (κ2) is 4.58. The third-order valence-corrected chi connectivity index (χ3v) is 3.10. The molecule has 0 saturated heterocycles. The van der Waals surface area contributed by atoms with Gasteiger partial charge in [0.1, 0.15) is 5.75 Å². The van der Waals surface area contributed by atoms with Gasteiger partial charge in [-0.15, -0.1) is 0 Å². The molecule has 0 atom stereocenters. The minimum Gasteiger partial charge on any atom is -0.508 e. The summed E-state index contributed by atoms with van der Waals surface area (Å²) in [6.07, 6.45) is 1.74. The maximum Gasteiger partial charge on any atom is 0.116 e. The Kier molecular flexibility index (Phi) is 2.76. The van der Waals surface area contributed by atoms with Gasteiger partial charge in [0, 0.05) is 5.39 Å². The molecule has 2 nitrogen and oxygen atoms in total. The van der Waals surface area contributed by atoms with Gasteiger partial charge in [-0.2, -0.15) is 0 Å². The Morgan fingerprint density at radius 2 is 1.79 bits per heavy atom. The van der Waals surface area contributed by atoms with E-state index in [9.17, 15) is 5.11 Å². The van der Waals surface area contributed by atoms with Gasteiger partial charge in [0.15, 0.2) is 0 Å². The van der Waals surface area contributed by atoms with Crippen LogP contribution in [-0.4, -0.2) is 10.1 Å². The molecule has 0 aliphatic heterocycles. The Hall–Kier alpha value is -2.61. The molecule has 0 fully saturated rings. The van der Waals surface area contributed by atoms with Crippen LogP contribution >= 0.6 is 0 Å². The first kappa shape index (κ1) is 11.5. The molecule has 0 spiro atoms. The normalized spacial score (nSPS) is 10.5. The number of rotatable bonds is 2. The van der Waals surface area contributed by atoms with Gasteiger partial charge < -0.3 is 5.11 Å². The highest BCUT2D eigenvalue weighted by atomic mass is 16.3. The van der Waals surface area contributed by atoms with E-state index in [0.29, 0.717) is 0 Å². The predicted octanol–water partition coefficient (Wildman–Crippen LogP) is 4.25. The predicted molar refractivity (Wildman–Crippen MR) is 78.9 cm³/mol. The molecule has 0 bridgehead atoms. The average Bonchev–Trinajstić information content (AvgIpc) is 2.46. The first-order chi connectivity index (χ1) is 9.26. The van der Waals surface area contributed by atoms with E-state index >= 15 is 0 Å². The van der Waals surface area contributed by atoms with E-state index in [-0.39, 0.29) is 5.75 Å². The molecule has 0 unspecified atom stereocenters. The topological polar surface area (TPSA) is 33.1 Å². The van der Waals surface area contributed by atoms with Gasteiger partial charge in [-0.05, 0) is 47.5 Å². The smallest absolute Gasteiger partial charge is 0.116 e. The van der Waals surface area contributed by atoms with E-state index in [1.54, 1.807) is 18.2 Å². The number of pyridine rings is 1. The summed E-state index contributed by atoms with van der Waals surface area (Å²) >= 11 is 0. The highest BCUT2D eigenvalue weighted by Gasteiger charge is 2.02. The van der Waals surface area contributed by atoms with Crippen LogP contribution in [0.5, 0.6) is 5.75 Å². The summed E-state index contributed by atoms with van der Waals surface area (Å²) in [5.41, 5.74) is 3.88. The molecule has 0 amide bonds. The van der Waals surface area contributed by atoms with Crippen LogP contribution in [0.4, 0.5) is 0 Å². The zero-order valence-corrected chi connectivity index (χ0v) is 10.4. The fourth-order valence-corrected chi connectivity index (χ4v) is 2.12. The van der Waals surface area contributed by atoms with Crippen molar-refractivity contribution in [2.45, 2.75) is 0 Å². The van der Waals surface area contributed by atoms with Crippen molar-refractivity contribution in [1.29, 1.82) is 0 Å². The summed E-state index contributed by atoms with van der Waals surface area (Å²) in [6.45, 7) is 3.72. The van der Waals surface area contributed by atoms with Crippen molar-refractivity contribution >= 4 is 17.0 Å². The molecule has 0 aliphatic carbocycles. The number of benzene rings is 2. The lowest BCUT2D eigenvalue weighted by atomic mass is 10.0. The summed E-state index contributed by atoms with van der Waals surface area (Å²) in [5.74, 6) is 0.276. The van der Waals surface area contributed by atoms with Crippen molar-refractivity contribution in [1.82, 2.24) is 4.98 Å². The molecule has 1 N–H and O–H groups in total. The van der Waals surface area contributed by atoms with Crippen LogP contribution in [-0.2, 0) is 0 Å². The molecule has 2 aromatic carbocycles. The summed E-state index contributed by atoms with van der Waals surface area (Å²) < 4.78 is 0. The number of fused-ring (bicyclic) bond motifs is 1. The Morgan fingerprint density at radius 1 is 0.947 bits per heavy atom. The monoisotopic (exact) mass is 247 g/mol. The van der Waals surface area contributed by atoms with Crippen LogP contribution in [0.3, 0.4) is 0 Å². The highest BCUT2D eigenvalue weighted by molar-refractivity contribution is 5.85. The molecule has 0 radical (unpaired) electrons. The number of nitrogens with zero attached hydrogens (tertiary/aromatic N) is 1. The third-order valence-electron chi connectivity index (χ3n) is 3.10. The fraction of sp³-hybridized carbons (Fsp3) is 0. The van der Waals surface area contributed by atoms with E-state index < -0.39 is 0 Å². The fourth-order valence-electron chi connectivity index (χ4n) is 2.12. The maximum absolute atomic E-state index is 9.53. The van der Waals surface area contributed by atoms with E-state index in [0.717, 1.165) is 27.7 Å². The lowest BCUT2D eigenvalue weighted by Crippen LogP contribution is -1.84. The Bertz CT molecular complexity index is 762. The first-order valence-electron chi connectivity index (χ1n) is 6.09. The van der Waals surface area contributed by atoms with Gasteiger partial charge in [-0.3, -0.25) is 0 Å². The number of phenolic OH excluding ortho intramolecular Hbond substituents is 1. The second-order valence-corrected chi connectivity index (χ2v) is 4.40. The number of hydrogen-bond acceptors (Lipinski definition) is 2. The number of phenols is 1. The average molecular weight is 247 g/mol. The molecular formula is C17H13NO. The van der Waals surface area contributed by atoms with E-state index in [2.05, 4.69) is 17.6 Å². The van der Waals surface area contributed by atoms with Gasteiger partial charge in [0.05, 0.1) is 11.2 Å². The van der Waals surface area contributed by atoms with Crippen molar-refractivity contribution in [3.05, 3.63) is 66.9 Å². The molecular weight excluding hydrogens is 234 g/mol. The molecule has 19 heavy (non-hydrogen) atoms. The minimum atomic E-state index is 0.276.